The number of amides is 1. The second-order valence-corrected chi connectivity index (χ2v) is 6.69. The Labute approximate surface area is 149 Å². The van der Waals surface area contributed by atoms with Gasteiger partial charge in [0.25, 0.3) is 0 Å². The molecule has 0 spiro atoms. The molecule has 0 radical (unpaired) electrons. The van der Waals surface area contributed by atoms with E-state index < -0.39 is 6.09 Å². The molecule has 0 unspecified atom stereocenters. The summed E-state index contributed by atoms with van der Waals surface area (Å²) in [5.41, 5.74) is 3.36. The maximum absolute atomic E-state index is 10.7. The zero-order valence-corrected chi connectivity index (χ0v) is 14.2. The minimum absolute atomic E-state index is 0.215. The summed E-state index contributed by atoms with van der Waals surface area (Å²) in [5, 5.41) is 12.3. The number of carbonyl (C=O) groups is 1. The van der Waals surface area contributed by atoms with E-state index in [1.165, 1.54) is 12.8 Å². The predicted molar refractivity (Wildman–Crippen MR) is 95.6 cm³/mol. The highest BCUT2D eigenvalue weighted by Crippen LogP contribution is 2.34. The zero-order chi connectivity index (χ0) is 17.4. The number of benzene rings is 1. The van der Waals surface area contributed by atoms with Crippen LogP contribution in [0.3, 0.4) is 0 Å². The van der Waals surface area contributed by atoms with E-state index >= 15 is 0 Å². The smallest absolute Gasteiger partial charge is 0.404 e. The fourth-order valence-corrected chi connectivity index (χ4v) is 3.16. The minimum atomic E-state index is -1.05. The summed E-state index contributed by atoms with van der Waals surface area (Å²) in [6.45, 7) is 1.20. The Morgan fingerprint density at radius 3 is 2.92 bits per heavy atom. The van der Waals surface area contributed by atoms with Crippen molar-refractivity contribution in [1.29, 1.82) is 0 Å². The number of halogens is 1. The average Bonchev–Trinajstić information content (AvgIpc) is 3.33. The van der Waals surface area contributed by atoms with Crippen LogP contribution in [0, 0.1) is 5.92 Å². The van der Waals surface area contributed by atoms with E-state index in [0.717, 1.165) is 40.3 Å². The molecule has 0 saturated heterocycles. The van der Waals surface area contributed by atoms with Gasteiger partial charge in [0, 0.05) is 30.2 Å². The van der Waals surface area contributed by atoms with Crippen LogP contribution in [0.25, 0.3) is 22.3 Å². The van der Waals surface area contributed by atoms with Gasteiger partial charge in [0.1, 0.15) is 5.65 Å². The Balaban J connectivity index is 1.74. The highest BCUT2D eigenvalue weighted by Gasteiger charge is 2.23. The molecule has 2 aromatic heterocycles. The Morgan fingerprint density at radius 2 is 2.16 bits per heavy atom. The molecule has 6 nitrogen and oxygen atoms in total. The lowest BCUT2D eigenvalue weighted by atomic mass is 10.1. The fraction of sp³-hybridized carbons (Fsp3) is 0.278. The summed E-state index contributed by atoms with van der Waals surface area (Å²) in [7, 11) is 0. The van der Waals surface area contributed by atoms with Crippen molar-refractivity contribution in [2.45, 2.75) is 25.9 Å². The molecule has 1 aliphatic carbocycles. The summed E-state index contributed by atoms with van der Waals surface area (Å²) < 4.78 is 2.14. The summed E-state index contributed by atoms with van der Waals surface area (Å²) >= 11 is 6.17. The molecular formula is C18H17ClN4O2. The van der Waals surface area contributed by atoms with Gasteiger partial charge >= 0.3 is 6.09 Å². The molecule has 25 heavy (non-hydrogen) atoms. The van der Waals surface area contributed by atoms with Crippen molar-refractivity contribution in [1.82, 2.24) is 19.9 Å². The fourth-order valence-electron chi connectivity index (χ4n) is 2.99. The molecule has 1 aromatic carbocycles. The number of hydrogen-bond donors (Lipinski definition) is 2. The molecule has 0 bridgehead atoms. The molecular weight excluding hydrogens is 340 g/mol. The van der Waals surface area contributed by atoms with Gasteiger partial charge in [0.15, 0.2) is 0 Å². The Bertz CT molecular complexity index is 949. The van der Waals surface area contributed by atoms with Gasteiger partial charge in [-0.3, -0.25) is 0 Å². The van der Waals surface area contributed by atoms with Crippen LogP contribution in [-0.4, -0.2) is 25.7 Å². The van der Waals surface area contributed by atoms with Crippen molar-refractivity contribution in [2.75, 3.05) is 0 Å². The second-order valence-electron chi connectivity index (χ2n) is 6.35. The predicted octanol–water partition coefficient (Wildman–Crippen LogP) is 3.93. The summed E-state index contributed by atoms with van der Waals surface area (Å²) in [5.74, 6) is 0.734. The third kappa shape index (κ3) is 3.44. The first kappa shape index (κ1) is 15.9. The molecule has 1 aliphatic rings. The van der Waals surface area contributed by atoms with E-state index in [2.05, 4.69) is 19.9 Å². The largest absolute Gasteiger partial charge is 0.465 e. The number of aromatic nitrogens is 3. The summed E-state index contributed by atoms with van der Waals surface area (Å²) in [4.78, 5) is 19.5. The molecule has 1 fully saturated rings. The van der Waals surface area contributed by atoms with Gasteiger partial charge in [-0.1, -0.05) is 18.2 Å². The maximum Gasteiger partial charge on any atom is 0.404 e. The number of fused-ring (bicyclic) bond motifs is 1. The quantitative estimate of drug-likeness (QED) is 0.679. The molecule has 1 amide bonds. The summed E-state index contributed by atoms with van der Waals surface area (Å²) in [6.07, 6.45) is 3.52. The lowest BCUT2D eigenvalue weighted by Gasteiger charge is -2.08. The van der Waals surface area contributed by atoms with E-state index in [9.17, 15) is 4.79 Å². The van der Waals surface area contributed by atoms with Crippen LogP contribution in [-0.2, 0) is 13.1 Å². The van der Waals surface area contributed by atoms with Gasteiger partial charge in [-0.05, 0) is 48.1 Å². The third-order valence-corrected chi connectivity index (χ3v) is 4.56. The minimum Gasteiger partial charge on any atom is -0.465 e. The maximum atomic E-state index is 10.7. The van der Waals surface area contributed by atoms with Gasteiger partial charge in [0.2, 0.25) is 5.28 Å². The van der Waals surface area contributed by atoms with Gasteiger partial charge in [-0.25, -0.2) is 9.78 Å². The van der Waals surface area contributed by atoms with Gasteiger partial charge < -0.3 is 15.0 Å². The average molecular weight is 357 g/mol. The van der Waals surface area contributed by atoms with E-state index in [0.29, 0.717) is 0 Å². The monoisotopic (exact) mass is 356 g/mol. The number of nitrogens with one attached hydrogen (secondary N) is 1. The normalized spacial score (nSPS) is 14.0. The van der Waals surface area contributed by atoms with E-state index in [1.807, 2.05) is 36.5 Å². The van der Waals surface area contributed by atoms with E-state index in [4.69, 9.17) is 16.7 Å². The third-order valence-electron chi connectivity index (χ3n) is 4.39. The standard InChI is InChI=1S/C18H17ClN4O2/c19-17-21-15(13-3-1-2-12(8-13)9-20-18(24)25)14-6-7-23(16(14)22-17)10-11-4-5-11/h1-3,6-8,11,20H,4-5,9-10H2,(H,24,25). The van der Waals surface area contributed by atoms with Crippen LogP contribution in [0.1, 0.15) is 18.4 Å². The molecule has 2 N–H and O–H groups in total. The Hall–Kier alpha value is -2.60. The second kappa shape index (κ2) is 6.37. The first-order chi connectivity index (χ1) is 12.1. The molecule has 0 atom stereocenters. The molecule has 7 heteroatoms. The van der Waals surface area contributed by atoms with Crippen LogP contribution in [0.2, 0.25) is 5.28 Å². The number of nitrogens with zero attached hydrogens (tertiary/aromatic N) is 3. The topological polar surface area (TPSA) is 80.0 Å². The van der Waals surface area contributed by atoms with Crippen molar-refractivity contribution in [3.63, 3.8) is 0 Å². The lowest BCUT2D eigenvalue weighted by Crippen LogP contribution is -2.19. The van der Waals surface area contributed by atoms with Crippen molar-refractivity contribution in [3.05, 3.63) is 47.4 Å². The van der Waals surface area contributed by atoms with Gasteiger partial charge in [-0.2, -0.15) is 4.98 Å². The lowest BCUT2D eigenvalue weighted by molar-refractivity contribution is 0.194. The van der Waals surface area contributed by atoms with Crippen molar-refractivity contribution >= 4 is 28.7 Å². The molecule has 4 rings (SSSR count). The number of rotatable bonds is 5. The Morgan fingerprint density at radius 1 is 1.32 bits per heavy atom. The first-order valence-corrected chi connectivity index (χ1v) is 8.56. The SMILES string of the molecule is O=C(O)NCc1cccc(-c2nc(Cl)nc3c2ccn3CC2CC2)c1. The van der Waals surface area contributed by atoms with Gasteiger partial charge in [0.05, 0.1) is 5.69 Å². The van der Waals surface area contributed by atoms with Crippen molar-refractivity contribution < 1.29 is 9.90 Å². The van der Waals surface area contributed by atoms with E-state index in [1.54, 1.807) is 0 Å². The molecule has 2 heterocycles. The highest BCUT2D eigenvalue weighted by molar-refractivity contribution is 6.28. The van der Waals surface area contributed by atoms with Crippen molar-refractivity contribution in [2.24, 2.45) is 5.92 Å². The Kier molecular flexibility index (Phi) is 4.05. The first-order valence-electron chi connectivity index (χ1n) is 8.18. The molecule has 3 aromatic rings. The molecule has 1 saturated carbocycles. The summed E-state index contributed by atoms with van der Waals surface area (Å²) in [6, 6.07) is 9.65. The van der Waals surface area contributed by atoms with Gasteiger partial charge in [-0.15, -0.1) is 0 Å². The highest BCUT2D eigenvalue weighted by atomic mass is 35.5. The van der Waals surface area contributed by atoms with E-state index in [-0.39, 0.29) is 11.8 Å². The van der Waals surface area contributed by atoms with Crippen LogP contribution in [0.4, 0.5) is 4.79 Å². The molecule has 0 aliphatic heterocycles. The zero-order valence-electron chi connectivity index (χ0n) is 13.4. The number of carboxylic acid groups (broad SMARTS) is 1. The van der Waals surface area contributed by atoms with Crippen LogP contribution in [0.5, 0.6) is 0 Å². The number of hydrogen-bond acceptors (Lipinski definition) is 3. The molecule has 128 valence electrons. The van der Waals surface area contributed by atoms with Crippen molar-refractivity contribution in [3.8, 4) is 11.3 Å². The van der Waals surface area contributed by atoms with Crippen LogP contribution in [0.15, 0.2) is 36.5 Å². The van der Waals surface area contributed by atoms with Crippen LogP contribution < -0.4 is 5.32 Å². The van der Waals surface area contributed by atoms with Crippen LogP contribution >= 0.6 is 11.6 Å².